The third kappa shape index (κ3) is 5.34. The van der Waals surface area contributed by atoms with Gasteiger partial charge in [0.25, 0.3) is 0 Å². The molecule has 0 bridgehead atoms. The summed E-state index contributed by atoms with van der Waals surface area (Å²) in [6.07, 6.45) is 0.897. The molecule has 6 heteroatoms. The molecule has 27 heavy (non-hydrogen) atoms. The summed E-state index contributed by atoms with van der Waals surface area (Å²) in [5.41, 5.74) is 3.05. The quantitative estimate of drug-likeness (QED) is 0.624. The molecule has 0 saturated carbocycles. The van der Waals surface area contributed by atoms with E-state index in [1.165, 1.54) is 5.56 Å². The third-order valence-corrected chi connectivity index (χ3v) is 4.08. The molecule has 0 amide bonds. The molecule has 0 aliphatic rings. The van der Waals surface area contributed by atoms with Gasteiger partial charge in [-0.1, -0.05) is 12.1 Å². The summed E-state index contributed by atoms with van der Waals surface area (Å²) >= 11 is 0. The number of aryl methyl sites for hydroxylation is 1. The molecule has 0 aliphatic heterocycles. The number of nitrogens with zero attached hydrogens (tertiary/aromatic N) is 2. The van der Waals surface area contributed by atoms with Crippen LogP contribution in [0.2, 0.25) is 0 Å². The number of hydrogen-bond donors (Lipinski definition) is 2. The number of methoxy groups -OCH3 is 2. The monoisotopic (exact) mass is 364 g/mol. The number of aromatic nitrogens is 2. The van der Waals surface area contributed by atoms with Crippen LogP contribution in [-0.4, -0.2) is 30.7 Å². The highest BCUT2D eigenvalue weighted by atomic mass is 16.5. The second-order valence-electron chi connectivity index (χ2n) is 6.10. The number of hydrogen-bond acceptors (Lipinski definition) is 6. The lowest BCUT2D eigenvalue weighted by molar-refractivity contribution is 0.414. The minimum Gasteiger partial charge on any atom is -0.497 e. The van der Waals surface area contributed by atoms with Gasteiger partial charge in [0.15, 0.2) is 0 Å². The molecular weight excluding hydrogens is 340 g/mol. The molecule has 1 heterocycles. The molecule has 0 spiro atoms. The van der Waals surface area contributed by atoms with E-state index in [1.54, 1.807) is 14.2 Å². The molecule has 3 aromatic rings. The maximum Gasteiger partial charge on any atom is 0.229 e. The fourth-order valence-electron chi connectivity index (χ4n) is 2.65. The maximum absolute atomic E-state index is 5.18. The molecule has 0 aliphatic carbocycles. The van der Waals surface area contributed by atoms with E-state index in [-0.39, 0.29) is 0 Å². The molecule has 140 valence electrons. The molecule has 3 rings (SSSR count). The summed E-state index contributed by atoms with van der Waals surface area (Å²) in [4.78, 5) is 9.00. The van der Waals surface area contributed by atoms with E-state index in [2.05, 4.69) is 32.7 Å². The van der Waals surface area contributed by atoms with Crippen molar-refractivity contribution in [2.24, 2.45) is 0 Å². The van der Waals surface area contributed by atoms with Gasteiger partial charge in [-0.3, -0.25) is 0 Å². The van der Waals surface area contributed by atoms with E-state index in [9.17, 15) is 0 Å². The van der Waals surface area contributed by atoms with Gasteiger partial charge in [0.1, 0.15) is 17.3 Å². The van der Waals surface area contributed by atoms with Crippen molar-refractivity contribution >= 4 is 17.5 Å². The summed E-state index contributed by atoms with van der Waals surface area (Å²) in [5, 5.41) is 6.59. The Hall–Kier alpha value is -3.28. The lowest BCUT2D eigenvalue weighted by atomic mass is 10.1. The first-order valence-corrected chi connectivity index (χ1v) is 8.80. The summed E-state index contributed by atoms with van der Waals surface area (Å²) < 4.78 is 10.4. The van der Waals surface area contributed by atoms with Gasteiger partial charge in [-0.15, -0.1) is 0 Å². The van der Waals surface area contributed by atoms with Gasteiger partial charge >= 0.3 is 0 Å². The van der Waals surface area contributed by atoms with Crippen molar-refractivity contribution in [1.29, 1.82) is 0 Å². The normalized spacial score (nSPS) is 10.3. The summed E-state index contributed by atoms with van der Waals surface area (Å²) in [5.74, 6) is 3.04. The van der Waals surface area contributed by atoms with Crippen LogP contribution in [0.5, 0.6) is 11.5 Å². The Morgan fingerprint density at radius 1 is 0.852 bits per heavy atom. The van der Waals surface area contributed by atoms with Gasteiger partial charge in [-0.05, 0) is 55.3 Å². The van der Waals surface area contributed by atoms with Gasteiger partial charge < -0.3 is 20.1 Å². The predicted molar refractivity (Wildman–Crippen MR) is 108 cm³/mol. The Morgan fingerprint density at radius 3 is 2.11 bits per heavy atom. The Balaban J connectivity index is 1.60. The fraction of sp³-hybridized carbons (Fsp3) is 0.238. The lowest BCUT2D eigenvalue weighted by Crippen LogP contribution is -2.08. The van der Waals surface area contributed by atoms with Crippen molar-refractivity contribution in [2.45, 2.75) is 13.3 Å². The topological polar surface area (TPSA) is 68.3 Å². The van der Waals surface area contributed by atoms with Crippen LogP contribution in [0.25, 0.3) is 0 Å². The standard InChI is InChI=1S/C21H24N4O2/c1-15-14-20(22-13-12-16-4-8-18(26-2)9-5-16)25-21(23-15)24-17-6-10-19(27-3)11-7-17/h4-11,14H,12-13H2,1-3H3,(H2,22,23,24,25). The van der Waals surface area contributed by atoms with Crippen LogP contribution < -0.4 is 20.1 Å². The van der Waals surface area contributed by atoms with E-state index in [4.69, 9.17) is 9.47 Å². The summed E-state index contributed by atoms with van der Waals surface area (Å²) in [6, 6.07) is 17.7. The van der Waals surface area contributed by atoms with Crippen molar-refractivity contribution in [2.75, 3.05) is 31.4 Å². The largest absolute Gasteiger partial charge is 0.497 e. The molecule has 0 unspecified atom stereocenters. The zero-order valence-electron chi connectivity index (χ0n) is 15.8. The Kier molecular flexibility index (Phi) is 6.10. The number of anilines is 3. The van der Waals surface area contributed by atoms with Crippen LogP contribution in [0, 0.1) is 6.92 Å². The van der Waals surface area contributed by atoms with Crippen LogP contribution in [0.3, 0.4) is 0 Å². The van der Waals surface area contributed by atoms with E-state index < -0.39 is 0 Å². The first-order valence-electron chi connectivity index (χ1n) is 8.80. The van der Waals surface area contributed by atoms with Gasteiger partial charge in [-0.2, -0.15) is 4.98 Å². The number of rotatable bonds is 8. The molecule has 0 saturated heterocycles. The number of benzene rings is 2. The molecule has 6 nitrogen and oxygen atoms in total. The first kappa shape index (κ1) is 18.5. The van der Waals surface area contributed by atoms with Gasteiger partial charge in [0.05, 0.1) is 14.2 Å². The molecule has 2 aromatic carbocycles. The highest BCUT2D eigenvalue weighted by molar-refractivity contribution is 5.56. The van der Waals surface area contributed by atoms with E-state index in [1.807, 2.05) is 49.4 Å². The van der Waals surface area contributed by atoms with Crippen molar-refractivity contribution < 1.29 is 9.47 Å². The van der Waals surface area contributed by atoms with Gasteiger partial charge in [-0.25, -0.2) is 4.98 Å². The average molecular weight is 364 g/mol. The van der Waals surface area contributed by atoms with Crippen LogP contribution in [0.15, 0.2) is 54.6 Å². The smallest absolute Gasteiger partial charge is 0.229 e. The minimum atomic E-state index is 0.562. The number of ether oxygens (including phenoxy) is 2. The fourth-order valence-corrected chi connectivity index (χ4v) is 2.65. The summed E-state index contributed by atoms with van der Waals surface area (Å²) in [6.45, 7) is 2.74. The van der Waals surface area contributed by atoms with Crippen LogP contribution in [0.1, 0.15) is 11.3 Å². The van der Waals surface area contributed by atoms with Crippen molar-refractivity contribution in [3.63, 3.8) is 0 Å². The predicted octanol–water partition coefficient (Wildman–Crippen LogP) is 4.20. The molecule has 0 radical (unpaired) electrons. The highest BCUT2D eigenvalue weighted by Gasteiger charge is 2.04. The minimum absolute atomic E-state index is 0.562. The Morgan fingerprint density at radius 2 is 1.48 bits per heavy atom. The van der Waals surface area contributed by atoms with Crippen LogP contribution in [-0.2, 0) is 6.42 Å². The van der Waals surface area contributed by atoms with E-state index >= 15 is 0 Å². The lowest BCUT2D eigenvalue weighted by Gasteiger charge is -2.10. The molecule has 0 fully saturated rings. The van der Waals surface area contributed by atoms with E-state index in [0.717, 1.165) is 41.7 Å². The van der Waals surface area contributed by atoms with Crippen molar-refractivity contribution in [3.8, 4) is 11.5 Å². The number of nitrogens with one attached hydrogen (secondary N) is 2. The Bertz CT molecular complexity index is 864. The SMILES string of the molecule is COc1ccc(CCNc2cc(C)nc(Nc3ccc(OC)cc3)n2)cc1. The maximum atomic E-state index is 5.18. The van der Waals surface area contributed by atoms with Crippen molar-refractivity contribution in [3.05, 3.63) is 65.9 Å². The summed E-state index contributed by atoms with van der Waals surface area (Å²) in [7, 11) is 3.32. The third-order valence-electron chi connectivity index (χ3n) is 4.08. The Labute approximate surface area is 159 Å². The molecular formula is C21H24N4O2. The first-order chi connectivity index (χ1) is 13.2. The second kappa shape index (κ2) is 8.89. The molecule has 0 atom stereocenters. The molecule has 1 aromatic heterocycles. The second-order valence-corrected chi connectivity index (χ2v) is 6.10. The zero-order valence-corrected chi connectivity index (χ0v) is 15.8. The van der Waals surface area contributed by atoms with Crippen LogP contribution >= 0.6 is 0 Å². The van der Waals surface area contributed by atoms with Gasteiger partial charge in [0, 0.05) is 24.0 Å². The van der Waals surface area contributed by atoms with E-state index in [0.29, 0.717) is 5.95 Å². The van der Waals surface area contributed by atoms with Crippen LogP contribution in [0.4, 0.5) is 17.5 Å². The highest BCUT2D eigenvalue weighted by Crippen LogP contribution is 2.19. The molecule has 2 N–H and O–H groups in total. The van der Waals surface area contributed by atoms with Gasteiger partial charge in [0.2, 0.25) is 5.95 Å². The van der Waals surface area contributed by atoms with Crippen molar-refractivity contribution in [1.82, 2.24) is 9.97 Å². The zero-order chi connectivity index (χ0) is 19.1. The average Bonchev–Trinajstić information content (AvgIpc) is 2.69.